The van der Waals surface area contributed by atoms with Crippen molar-refractivity contribution in [3.8, 4) is 11.8 Å². The summed E-state index contributed by atoms with van der Waals surface area (Å²) in [6, 6.07) is 0. The molecule has 8 heavy (non-hydrogen) atoms. The monoisotopic (exact) mass is 131 g/mol. The van der Waals surface area contributed by atoms with Crippen molar-refractivity contribution < 1.29 is 4.74 Å². The zero-order valence-corrected chi connectivity index (χ0v) is 5.37. The van der Waals surface area contributed by atoms with Gasteiger partial charge in [-0.15, -0.1) is 11.6 Å². The highest BCUT2D eigenvalue weighted by Gasteiger charge is 1.77. The zero-order valence-electron chi connectivity index (χ0n) is 4.61. The van der Waals surface area contributed by atoms with Crippen LogP contribution in [0.4, 0.5) is 0 Å². The van der Waals surface area contributed by atoms with Crippen molar-refractivity contribution in [1.29, 1.82) is 0 Å². The summed E-state index contributed by atoms with van der Waals surface area (Å²) in [6.45, 7) is 4.32. The Labute approximate surface area is 55.0 Å². The molecule has 0 unspecified atom stereocenters. The summed E-state index contributed by atoms with van der Waals surface area (Å²) in [5.74, 6) is 5.63. The quantitative estimate of drug-likeness (QED) is 0.317. The van der Waals surface area contributed by atoms with Gasteiger partial charge in [0.05, 0.1) is 6.61 Å². The molecule has 2 heteroatoms. The second-order valence-electron chi connectivity index (χ2n) is 1.10. The van der Waals surface area contributed by atoms with Crippen LogP contribution in [0.3, 0.4) is 0 Å². The Morgan fingerprint density at radius 2 is 2.38 bits per heavy atom. The molecule has 0 heterocycles. The molecule has 0 saturated heterocycles. The summed E-state index contributed by atoms with van der Waals surface area (Å²) in [5, 5.41) is 0. The van der Waals surface area contributed by atoms with Gasteiger partial charge in [0.15, 0.2) is 0 Å². The van der Waals surface area contributed by atoms with E-state index in [1.54, 1.807) is 0 Å². The Kier molecular flexibility index (Phi) is 6.65. The summed E-state index contributed by atoms with van der Waals surface area (Å²) in [4.78, 5) is 0. The van der Waals surface area contributed by atoms with E-state index in [1.807, 2.05) is 0 Å². The molecular formula is C6H8ClO. The predicted molar refractivity (Wildman–Crippen MR) is 34.7 cm³/mol. The highest BCUT2D eigenvalue weighted by atomic mass is 35.5. The summed E-state index contributed by atoms with van der Waals surface area (Å²) in [7, 11) is 0. The van der Waals surface area contributed by atoms with Gasteiger partial charge in [0, 0.05) is 12.8 Å². The highest BCUT2D eigenvalue weighted by molar-refractivity contribution is 6.17. The molecule has 0 bridgehead atoms. The molecule has 0 saturated carbocycles. The molecule has 0 amide bonds. The van der Waals surface area contributed by atoms with Gasteiger partial charge in [-0.1, -0.05) is 11.8 Å². The standard InChI is InChI=1S/C6H8ClO/c1-2-3-5-8-6-4-7/h1,4-6H2. The highest BCUT2D eigenvalue weighted by Crippen LogP contribution is 1.76. The fourth-order valence-corrected chi connectivity index (χ4v) is 0.338. The normalized spacial score (nSPS) is 7.75. The SMILES string of the molecule is [CH2]C#CCOCCCl. The number of alkyl halides is 1. The van der Waals surface area contributed by atoms with E-state index in [-0.39, 0.29) is 0 Å². The van der Waals surface area contributed by atoms with E-state index in [4.69, 9.17) is 16.3 Å². The lowest BCUT2D eigenvalue weighted by molar-refractivity contribution is 0.184. The van der Waals surface area contributed by atoms with Crippen LogP contribution in [0, 0.1) is 18.8 Å². The lowest BCUT2D eigenvalue weighted by atomic mass is 10.6. The van der Waals surface area contributed by atoms with Crippen LogP contribution in [-0.4, -0.2) is 19.1 Å². The van der Waals surface area contributed by atoms with Crippen LogP contribution in [0.25, 0.3) is 0 Å². The van der Waals surface area contributed by atoms with Crippen molar-refractivity contribution in [3.63, 3.8) is 0 Å². The zero-order chi connectivity index (χ0) is 6.24. The molecule has 0 fully saturated rings. The van der Waals surface area contributed by atoms with E-state index >= 15 is 0 Å². The molecule has 0 atom stereocenters. The second kappa shape index (κ2) is 6.81. The molecule has 45 valence electrons. The minimum Gasteiger partial charge on any atom is -0.368 e. The Balaban J connectivity index is 2.79. The first-order valence-corrected chi connectivity index (χ1v) is 2.84. The molecule has 0 aromatic carbocycles. The minimum absolute atomic E-state index is 0.441. The van der Waals surface area contributed by atoms with Gasteiger partial charge in [-0.2, -0.15) is 0 Å². The minimum atomic E-state index is 0.441. The topological polar surface area (TPSA) is 9.23 Å². The van der Waals surface area contributed by atoms with Gasteiger partial charge in [0.2, 0.25) is 0 Å². The van der Waals surface area contributed by atoms with Gasteiger partial charge < -0.3 is 4.74 Å². The number of halogens is 1. The van der Waals surface area contributed by atoms with Crippen LogP contribution in [0.1, 0.15) is 0 Å². The lowest BCUT2D eigenvalue weighted by Gasteiger charge is -1.90. The van der Waals surface area contributed by atoms with Crippen molar-refractivity contribution in [2.45, 2.75) is 0 Å². The van der Waals surface area contributed by atoms with Crippen LogP contribution in [0.5, 0.6) is 0 Å². The fourth-order valence-electron chi connectivity index (χ4n) is 0.229. The van der Waals surface area contributed by atoms with Crippen molar-refractivity contribution in [2.24, 2.45) is 0 Å². The van der Waals surface area contributed by atoms with Gasteiger partial charge in [-0.25, -0.2) is 0 Å². The van der Waals surface area contributed by atoms with E-state index in [1.165, 1.54) is 0 Å². The lowest BCUT2D eigenvalue weighted by Crippen LogP contribution is -1.94. The third kappa shape index (κ3) is 5.81. The summed E-state index contributed by atoms with van der Waals surface area (Å²) in [6.07, 6.45) is 0. The maximum Gasteiger partial charge on any atom is 0.107 e. The largest absolute Gasteiger partial charge is 0.368 e. The molecule has 1 nitrogen and oxygen atoms in total. The average Bonchev–Trinajstić information content (AvgIpc) is 1.81. The average molecular weight is 132 g/mol. The van der Waals surface area contributed by atoms with Crippen molar-refractivity contribution >= 4 is 11.6 Å². The van der Waals surface area contributed by atoms with Crippen LogP contribution in [0.2, 0.25) is 0 Å². The Hall–Kier alpha value is -0.190. The first kappa shape index (κ1) is 7.81. The molecule has 0 aliphatic rings. The van der Waals surface area contributed by atoms with E-state index in [2.05, 4.69) is 18.8 Å². The number of hydrogen-bond acceptors (Lipinski definition) is 1. The fraction of sp³-hybridized carbons (Fsp3) is 0.500. The summed E-state index contributed by atoms with van der Waals surface area (Å²) in [5.41, 5.74) is 0. The number of hydrogen-bond donors (Lipinski definition) is 0. The van der Waals surface area contributed by atoms with Crippen molar-refractivity contribution in [3.05, 3.63) is 6.92 Å². The first-order chi connectivity index (χ1) is 3.91. The van der Waals surface area contributed by atoms with E-state index < -0.39 is 0 Å². The molecule has 1 radical (unpaired) electrons. The van der Waals surface area contributed by atoms with E-state index in [0.717, 1.165) is 0 Å². The van der Waals surface area contributed by atoms with Crippen molar-refractivity contribution in [2.75, 3.05) is 19.1 Å². The molecule has 0 aliphatic heterocycles. The second-order valence-corrected chi connectivity index (χ2v) is 1.47. The molecule has 0 aromatic rings. The van der Waals surface area contributed by atoms with Gasteiger partial charge in [-0.05, 0) is 0 Å². The maximum atomic E-state index is 5.29. The molecule has 0 N–H and O–H groups in total. The smallest absolute Gasteiger partial charge is 0.107 e. The summed E-state index contributed by atoms with van der Waals surface area (Å²) < 4.78 is 4.88. The number of rotatable bonds is 3. The van der Waals surface area contributed by atoms with E-state index in [0.29, 0.717) is 19.1 Å². The third-order valence-corrected chi connectivity index (χ3v) is 0.675. The maximum absolute atomic E-state index is 5.29. The first-order valence-electron chi connectivity index (χ1n) is 2.30. The van der Waals surface area contributed by atoms with Crippen LogP contribution < -0.4 is 0 Å². The third-order valence-electron chi connectivity index (χ3n) is 0.521. The number of ether oxygens (including phenoxy) is 1. The van der Waals surface area contributed by atoms with Gasteiger partial charge in [0.25, 0.3) is 0 Å². The van der Waals surface area contributed by atoms with Gasteiger partial charge in [-0.3, -0.25) is 0 Å². The molecule has 0 aliphatic carbocycles. The Bertz CT molecular complexity index is 90.4. The van der Waals surface area contributed by atoms with E-state index in [9.17, 15) is 0 Å². The van der Waals surface area contributed by atoms with Gasteiger partial charge in [0.1, 0.15) is 6.61 Å². The summed E-state index contributed by atoms with van der Waals surface area (Å²) >= 11 is 5.29. The van der Waals surface area contributed by atoms with Crippen LogP contribution in [-0.2, 0) is 4.74 Å². The van der Waals surface area contributed by atoms with Crippen LogP contribution in [0.15, 0.2) is 0 Å². The molecule has 0 aromatic heterocycles. The van der Waals surface area contributed by atoms with Crippen molar-refractivity contribution in [1.82, 2.24) is 0 Å². The van der Waals surface area contributed by atoms with Gasteiger partial charge >= 0.3 is 0 Å². The Morgan fingerprint density at radius 1 is 1.62 bits per heavy atom. The predicted octanol–water partition coefficient (Wildman–Crippen LogP) is 1.08. The molecule has 0 spiro atoms. The van der Waals surface area contributed by atoms with Crippen LogP contribution >= 0.6 is 11.6 Å². The molecular weight excluding hydrogens is 124 g/mol. The molecule has 0 rings (SSSR count). The Morgan fingerprint density at radius 3 is 2.88 bits per heavy atom.